The van der Waals surface area contributed by atoms with E-state index in [4.69, 9.17) is 4.74 Å². The highest BCUT2D eigenvalue weighted by Crippen LogP contribution is 2.16. The summed E-state index contributed by atoms with van der Waals surface area (Å²) in [4.78, 5) is 0.582. The van der Waals surface area contributed by atoms with Gasteiger partial charge in [0, 0.05) is 4.83 Å². The lowest BCUT2D eigenvalue weighted by atomic mass is 10.1. The molecule has 0 radical (unpaired) electrons. The minimum atomic E-state index is 0.582. The number of hydrogen-bond acceptors (Lipinski definition) is 1. The van der Waals surface area contributed by atoms with Crippen molar-refractivity contribution in [2.24, 2.45) is 0 Å². The summed E-state index contributed by atoms with van der Waals surface area (Å²) in [6, 6.07) is 8.33. The van der Waals surface area contributed by atoms with Gasteiger partial charge in [-0.3, -0.25) is 0 Å². The second-order valence-corrected chi connectivity index (χ2v) is 4.96. The number of aryl methyl sites for hydroxylation is 1. The van der Waals surface area contributed by atoms with Gasteiger partial charge in [0.2, 0.25) is 0 Å². The SMILES string of the molecule is CCOc1cccc(CCC(C)Br)c1. The van der Waals surface area contributed by atoms with Gasteiger partial charge in [-0.2, -0.15) is 0 Å². The highest BCUT2D eigenvalue weighted by atomic mass is 79.9. The molecule has 0 bridgehead atoms. The first-order chi connectivity index (χ1) is 6.72. The zero-order valence-electron chi connectivity index (χ0n) is 8.79. The van der Waals surface area contributed by atoms with Crippen molar-refractivity contribution in [1.82, 2.24) is 0 Å². The third-order valence-corrected chi connectivity index (χ3v) is 2.50. The molecular weight excluding hydrogens is 240 g/mol. The molecule has 1 aromatic rings. The predicted molar refractivity (Wildman–Crippen MR) is 64.3 cm³/mol. The Labute approximate surface area is 94.6 Å². The van der Waals surface area contributed by atoms with E-state index in [-0.39, 0.29) is 0 Å². The molecule has 0 aliphatic carbocycles. The summed E-state index contributed by atoms with van der Waals surface area (Å²) in [5.41, 5.74) is 1.35. The Balaban J connectivity index is 2.54. The summed E-state index contributed by atoms with van der Waals surface area (Å²) >= 11 is 3.55. The minimum Gasteiger partial charge on any atom is -0.494 e. The second kappa shape index (κ2) is 6.07. The van der Waals surface area contributed by atoms with Crippen molar-refractivity contribution in [3.05, 3.63) is 29.8 Å². The molecule has 14 heavy (non-hydrogen) atoms. The number of hydrogen-bond donors (Lipinski definition) is 0. The molecule has 2 heteroatoms. The summed E-state index contributed by atoms with van der Waals surface area (Å²) in [7, 11) is 0. The lowest BCUT2D eigenvalue weighted by Gasteiger charge is -2.06. The van der Waals surface area contributed by atoms with Gasteiger partial charge in [0.1, 0.15) is 5.75 Å². The molecule has 1 nitrogen and oxygen atoms in total. The van der Waals surface area contributed by atoms with Crippen LogP contribution in [0.3, 0.4) is 0 Å². The van der Waals surface area contributed by atoms with Crippen LogP contribution in [0, 0.1) is 0 Å². The molecule has 0 aliphatic rings. The van der Waals surface area contributed by atoms with Crippen molar-refractivity contribution in [2.45, 2.75) is 31.5 Å². The molecule has 0 heterocycles. The van der Waals surface area contributed by atoms with E-state index in [0.29, 0.717) is 4.83 Å². The fourth-order valence-corrected chi connectivity index (χ4v) is 1.55. The first-order valence-electron chi connectivity index (χ1n) is 5.08. The Morgan fingerprint density at radius 2 is 2.21 bits per heavy atom. The van der Waals surface area contributed by atoms with Gasteiger partial charge in [-0.15, -0.1) is 0 Å². The third kappa shape index (κ3) is 4.14. The molecule has 0 aliphatic heterocycles. The van der Waals surface area contributed by atoms with Gasteiger partial charge in [0.25, 0.3) is 0 Å². The van der Waals surface area contributed by atoms with Crippen LogP contribution in [0.15, 0.2) is 24.3 Å². The first-order valence-corrected chi connectivity index (χ1v) is 5.99. The van der Waals surface area contributed by atoms with Crippen LogP contribution in [0.5, 0.6) is 5.75 Å². The largest absolute Gasteiger partial charge is 0.494 e. The quantitative estimate of drug-likeness (QED) is 0.729. The van der Waals surface area contributed by atoms with Crippen LogP contribution < -0.4 is 4.74 Å². The van der Waals surface area contributed by atoms with Crippen LogP contribution in [0.2, 0.25) is 0 Å². The maximum atomic E-state index is 5.44. The number of alkyl halides is 1. The highest BCUT2D eigenvalue weighted by molar-refractivity contribution is 9.09. The Bertz CT molecular complexity index is 271. The second-order valence-electron chi connectivity index (χ2n) is 3.40. The van der Waals surface area contributed by atoms with Crippen LogP contribution in [-0.4, -0.2) is 11.4 Å². The number of halogens is 1. The highest BCUT2D eigenvalue weighted by Gasteiger charge is 1.99. The number of ether oxygens (including phenoxy) is 1. The zero-order chi connectivity index (χ0) is 10.4. The smallest absolute Gasteiger partial charge is 0.119 e. The molecule has 0 amide bonds. The zero-order valence-corrected chi connectivity index (χ0v) is 10.4. The molecule has 1 unspecified atom stereocenters. The standard InChI is InChI=1S/C12H17BrO/c1-3-14-12-6-4-5-11(9-12)8-7-10(2)13/h4-6,9-10H,3,7-8H2,1-2H3. The summed E-state index contributed by atoms with van der Waals surface area (Å²) in [5.74, 6) is 0.979. The molecule has 0 fully saturated rings. The van der Waals surface area contributed by atoms with Crippen molar-refractivity contribution in [3.63, 3.8) is 0 Å². The van der Waals surface area contributed by atoms with Crippen molar-refractivity contribution in [1.29, 1.82) is 0 Å². The van der Waals surface area contributed by atoms with Crippen LogP contribution in [0.4, 0.5) is 0 Å². The maximum Gasteiger partial charge on any atom is 0.119 e. The van der Waals surface area contributed by atoms with Crippen LogP contribution in [-0.2, 0) is 6.42 Å². The molecule has 1 aromatic carbocycles. The van der Waals surface area contributed by atoms with E-state index < -0.39 is 0 Å². The minimum absolute atomic E-state index is 0.582. The monoisotopic (exact) mass is 256 g/mol. The Kier molecular flexibility index (Phi) is 5.02. The van der Waals surface area contributed by atoms with E-state index in [1.54, 1.807) is 0 Å². The van der Waals surface area contributed by atoms with Gasteiger partial charge < -0.3 is 4.74 Å². The lowest BCUT2D eigenvalue weighted by Crippen LogP contribution is -1.96. The molecule has 1 atom stereocenters. The van der Waals surface area contributed by atoms with E-state index in [2.05, 4.69) is 41.1 Å². The topological polar surface area (TPSA) is 9.23 Å². The Morgan fingerprint density at radius 3 is 2.86 bits per heavy atom. The molecule has 78 valence electrons. The van der Waals surface area contributed by atoms with E-state index >= 15 is 0 Å². The van der Waals surface area contributed by atoms with Gasteiger partial charge in [-0.25, -0.2) is 0 Å². The predicted octanol–water partition coefficient (Wildman–Crippen LogP) is 3.80. The first kappa shape index (κ1) is 11.6. The summed E-state index contributed by atoms with van der Waals surface area (Å²) in [6.45, 7) is 4.91. The van der Waals surface area contributed by atoms with Crippen LogP contribution in [0.25, 0.3) is 0 Å². The van der Waals surface area contributed by atoms with E-state index in [9.17, 15) is 0 Å². The van der Waals surface area contributed by atoms with Crippen LogP contribution >= 0.6 is 15.9 Å². The fraction of sp³-hybridized carbons (Fsp3) is 0.500. The van der Waals surface area contributed by atoms with Gasteiger partial charge in [-0.1, -0.05) is 35.0 Å². The molecule has 0 saturated heterocycles. The molecule has 0 spiro atoms. The molecule has 0 N–H and O–H groups in total. The molecule has 1 rings (SSSR count). The lowest BCUT2D eigenvalue weighted by molar-refractivity contribution is 0.340. The normalized spacial score (nSPS) is 12.5. The van der Waals surface area contributed by atoms with Gasteiger partial charge >= 0.3 is 0 Å². The Hall–Kier alpha value is -0.500. The van der Waals surface area contributed by atoms with E-state index in [1.165, 1.54) is 5.56 Å². The van der Waals surface area contributed by atoms with Crippen LogP contribution in [0.1, 0.15) is 25.8 Å². The van der Waals surface area contributed by atoms with Gasteiger partial charge in [-0.05, 0) is 37.5 Å². The number of benzene rings is 1. The molecular formula is C12H17BrO. The van der Waals surface area contributed by atoms with Crippen molar-refractivity contribution < 1.29 is 4.74 Å². The van der Waals surface area contributed by atoms with E-state index in [1.807, 2.05) is 13.0 Å². The summed E-state index contributed by atoms with van der Waals surface area (Å²) in [6.07, 6.45) is 2.27. The maximum absolute atomic E-state index is 5.44. The molecule has 0 aromatic heterocycles. The average molecular weight is 257 g/mol. The third-order valence-electron chi connectivity index (χ3n) is 2.04. The summed E-state index contributed by atoms with van der Waals surface area (Å²) < 4.78 is 5.44. The number of rotatable bonds is 5. The average Bonchev–Trinajstić information content (AvgIpc) is 2.16. The summed E-state index contributed by atoms with van der Waals surface area (Å²) in [5, 5.41) is 0. The van der Waals surface area contributed by atoms with Crippen molar-refractivity contribution >= 4 is 15.9 Å². The van der Waals surface area contributed by atoms with Gasteiger partial charge in [0.05, 0.1) is 6.61 Å². The van der Waals surface area contributed by atoms with Crippen molar-refractivity contribution in [3.8, 4) is 5.75 Å². The van der Waals surface area contributed by atoms with Gasteiger partial charge in [0.15, 0.2) is 0 Å². The fourth-order valence-electron chi connectivity index (χ4n) is 1.32. The Morgan fingerprint density at radius 1 is 1.43 bits per heavy atom. The molecule has 0 saturated carbocycles. The van der Waals surface area contributed by atoms with Crippen molar-refractivity contribution in [2.75, 3.05) is 6.61 Å². The van der Waals surface area contributed by atoms with E-state index in [0.717, 1.165) is 25.2 Å².